The quantitative estimate of drug-likeness (QED) is 0.474. The second kappa shape index (κ2) is 11.5. The normalized spacial score (nSPS) is 9.04. The number of hydrogen-bond acceptors (Lipinski definition) is 1. The van der Waals surface area contributed by atoms with Crippen LogP contribution in [0.3, 0.4) is 0 Å². The van der Waals surface area contributed by atoms with Crippen molar-refractivity contribution in [2.24, 2.45) is 0 Å². The number of terminal acetylenes is 2. The second-order valence-corrected chi connectivity index (χ2v) is 6.34. The highest BCUT2D eigenvalue weighted by Crippen LogP contribution is 2.26. The minimum Gasteiger partial charge on any atom is -0.115 e. The summed E-state index contributed by atoms with van der Waals surface area (Å²) in [6.07, 6.45) is 20.2. The maximum absolute atomic E-state index is 5.63. The molecule has 0 fully saturated rings. The first-order chi connectivity index (χ1) is 11.3. The summed E-state index contributed by atoms with van der Waals surface area (Å²) in [6, 6.07) is 0. The molecule has 0 aromatic carbocycles. The van der Waals surface area contributed by atoms with Gasteiger partial charge in [0.05, 0.1) is 20.9 Å². The second-order valence-electron chi connectivity index (χ2n) is 5.32. The zero-order valence-electron chi connectivity index (χ0n) is 14.2. The third-order valence-electron chi connectivity index (χ3n) is 3.41. The van der Waals surface area contributed by atoms with Crippen molar-refractivity contribution in [3.63, 3.8) is 0 Å². The van der Waals surface area contributed by atoms with Gasteiger partial charge in [0.15, 0.2) is 0 Å². The molecule has 0 atom stereocenters. The van der Waals surface area contributed by atoms with Gasteiger partial charge in [0.2, 0.25) is 0 Å². The number of thiophene rings is 1. The third-order valence-corrected chi connectivity index (χ3v) is 4.43. The zero-order chi connectivity index (χ0) is 16.9. The summed E-state index contributed by atoms with van der Waals surface area (Å²) < 4.78 is 0. The Morgan fingerprint density at radius 3 is 1.52 bits per heavy atom. The Bertz CT molecular complexity index is 635. The van der Waals surface area contributed by atoms with Crippen LogP contribution in [0, 0.1) is 48.4 Å². The predicted octanol–water partition coefficient (Wildman–Crippen LogP) is 5.57. The molecule has 0 aliphatic rings. The molecule has 0 spiro atoms. The molecule has 0 saturated carbocycles. The van der Waals surface area contributed by atoms with Gasteiger partial charge in [-0.15, -0.1) is 24.2 Å². The number of rotatable bonds is 6. The molecule has 1 aromatic heterocycles. The Kier molecular flexibility index (Phi) is 9.49. The topological polar surface area (TPSA) is 0 Å². The molecule has 0 N–H and O–H groups in total. The van der Waals surface area contributed by atoms with Crippen LogP contribution >= 0.6 is 11.3 Å². The molecule has 23 heavy (non-hydrogen) atoms. The molecule has 0 amide bonds. The van der Waals surface area contributed by atoms with Crippen LogP contribution < -0.4 is 0 Å². The van der Waals surface area contributed by atoms with Gasteiger partial charge in [-0.2, -0.15) is 0 Å². The van der Waals surface area contributed by atoms with Crippen LogP contribution in [0.25, 0.3) is 0 Å². The van der Waals surface area contributed by atoms with E-state index in [1.807, 2.05) is 0 Å². The molecular formula is C22H24S. The first-order valence-electron chi connectivity index (χ1n) is 8.36. The molecular weight excluding hydrogens is 296 g/mol. The van der Waals surface area contributed by atoms with E-state index in [1.165, 1.54) is 37.0 Å². The van der Waals surface area contributed by atoms with Gasteiger partial charge in [-0.05, 0) is 12.8 Å². The molecule has 0 bridgehead atoms. The van der Waals surface area contributed by atoms with E-state index < -0.39 is 0 Å². The average Bonchev–Trinajstić information content (AvgIpc) is 2.91. The van der Waals surface area contributed by atoms with E-state index in [4.69, 9.17) is 12.8 Å². The van der Waals surface area contributed by atoms with Crippen molar-refractivity contribution in [3.8, 4) is 48.4 Å². The van der Waals surface area contributed by atoms with E-state index in [1.54, 1.807) is 0 Å². The monoisotopic (exact) mass is 320 g/mol. The predicted molar refractivity (Wildman–Crippen MR) is 102 cm³/mol. The highest BCUT2D eigenvalue weighted by molar-refractivity contribution is 7.13. The van der Waals surface area contributed by atoms with Gasteiger partial charge in [0.25, 0.3) is 0 Å². The van der Waals surface area contributed by atoms with Crippen LogP contribution in [0.5, 0.6) is 0 Å². The summed E-state index contributed by atoms with van der Waals surface area (Å²) in [6.45, 7) is 4.38. The molecule has 1 heterocycles. The molecule has 0 aliphatic heterocycles. The maximum Gasteiger partial charge on any atom is 0.0951 e. The summed E-state index contributed by atoms with van der Waals surface area (Å²) in [7, 11) is 0. The summed E-state index contributed by atoms with van der Waals surface area (Å²) in [4.78, 5) is 1.77. The van der Waals surface area contributed by atoms with Gasteiger partial charge in [-0.25, -0.2) is 0 Å². The summed E-state index contributed by atoms with van der Waals surface area (Å²) >= 11 is 1.53. The SMILES string of the molecule is C#Cc1c(C#CCCCCC)sc(C#CCCCCC)c1C#C. The maximum atomic E-state index is 5.63. The van der Waals surface area contributed by atoms with E-state index >= 15 is 0 Å². The van der Waals surface area contributed by atoms with Crippen molar-refractivity contribution in [3.05, 3.63) is 20.9 Å². The van der Waals surface area contributed by atoms with Gasteiger partial charge in [0, 0.05) is 12.8 Å². The zero-order valence-corrected chi connectivity index (χ0v) is 15.0. The standard InChI is InChI=1S/C22H24S/c1-5-9-11-13-15-17-21-19(7-3)20(8-4)22(23-21)18-16-14-12-10-6-2/h3-4H,5-6,9-14H2,1-2H3. The fourth-order valence-electron chi connectivity index (χ4n) is 2.09. The lowest BCUT2D eigenvalue weighted by Gasteiger charge is -1.90. The Morgan fingerprint density at radius 2 is 1.17 bits per heavy atom. The van der Waals surface area contributed by atoms with Crippen LogP contribution in [0.4, 0.5) is 0 Å². The summed E-state index contributed by atoms with van der Waals surface area (Å²) in [5.41, 5.74) is 1.47. The molecule has 1 heteroatoms. The Hall–Kier alpha value is -2.06. The van der Waals surface area contributed by atoms with Gasteiger partial charge in [0.1, 0.15) is 0 Å². The van der Waals surface area contributed by atoms with E-state index in [2.05, 4.69) is 49.4 Å². The van der Waals surface area contributed by atoms with Crippen molar-refractivity contribution in [2.45, 2.75) is 65.2 Å². The van der Waals surface area contributed by atoms with Gasteiger partial charge < -0.3 is 0 Å². The smallest absolute Gasteiger partial charge is 0.0951 e. The molecule has 1 rings (SSSR count). The van der Waals surface area contributed by atoms with E-state index in [-0.39, 0.29) is 0 Å². The fraction of sp³-hybridized carbons (Fsp3) is 0.455. The lowest BCUT2D eigenvalue weighted by atomic mass is 10.1. The lowest BCUT2D eigenvalue weighted by Crippen LogP contribution is -1.82. The van der Waals surface area contributed by atoms with Crippen molar-refractivity contribution in [2.75, 3.05) is 0 Å². The molecule has 0 saturated heterocycles. The van der Waals surface area contributed by atoms with Crippen molar-refractivity contribution < 1.29 is 0 Å². The van der Waals surface area contributed by atoms with Crippen LogP contribution in [0.15, 0.2) is 0 Å². The molecule has 1 aromatic rings. The Morgan fingerprint density at radius 1 is 0.739 bits per heavy atom. The summed E-state index contributed by atoms with van der Waals surface area (Å²) in [5, 5.41) is 0. The molecule has 0 radical (unpaired) electrons. The molecule has 0 unspecified atom stereocenters. The van der Waals surface area contributed by atoms with Gasteiger partial charge >= 0.3 is 0 Å². The van der Waals surface area contributed by atoms with E-state index in [0.717, 1.165) is 46.6 Å². The van der Waals surface area contributed by atoms with Crippen molar-refractivity contribution in [1.82, 2.24) is 0 Å². The van der Waals surface area contributed by atoms with Crippen LogP contribution in [0.1, 0.15) is 86.1 Å². The van der Waals surface area contributed by atoms with Crippen molar-refractivity contribution in [1.29, 1.82) is 0 Å². The minimum atomic E-state index is 0.735. The average molecular weight is 321 g/mol. The van der Waals surface area contributed by atoms with Gasteiger partial charge in [-0.1, -0.05) is 75.1 Å². The molecule has 0 nitrogen and oxygen atoms in total. The first kappa shape index (κ1) is 19.0. The largest absolute Gasteiger partial charge is 0.115 e. The van der Waals surface area contributed by atoms with E-state index in [0.29, 0.717) is 0 Å². The third kappa shape index (κ3) is 6.29. The Labute approximate surface area is 146 Å². The van der Waals surface area contributed by atoms with Crippen LogP contribution in [-0.4, -0.2) is 0 Å². The molecule has 0 aliphatic carbocycles. The molecule has 118 valence electrons. The van der Waals surface area contributed by atoms with Crippen LogP contribution in [0.2, 0.25) is 0 Å². The number of unbranched alkanes of at least 4 members (excludes halogenated alkanes) is 6. The highest BCUT2D eigenvalue weighted by Gasteiger charge is 2.12. The fourth-order valence-corrected chi connectivity index (χ4v) is 3.07. The van der Waals surface area contributed by atoms with Gasteiger partial charge in [-0.3, -0.25) is 0 Å². The van der Waals surface area contributed by atoms with E-state index in [9.17, 15) is 0 Å². The first-order valence-corrected chi connectivity index (χ1v) is 9.17. The lowest BCUT2D eigenvalue weighted by molar-refractivity contribution is 0.737. The number of hydrogen-bond donors (Lipinski definition) is 0. The Balaban J connectivity index is 2.92. The highest BCUT2D eigenvalue weighted by atomic mass is 32.1. The minimum absolute atomic E-state index is 0.735. The van der Waals surface area contributed by atoms with Crippen molar-refractivity contribution >= 4 is 11.3 Å². The summed E-state index contributed by atoms with van der Waals surface area (Å²) in [5.74, 6) is 18.2. The van der Waals surface area contributed by atoms with Crippen LogP contribution in [-0.2, 0) is 0 Å².